The van der Waals surface area contributed by atoms with E-state index in [-0.39, 0.29) is 12.0 Å². The molecule has 0 radical (unpaired) electrons. The van der Waals surface area contributed by atoms with Crippen molar-refractivity contribution in [2.24, 2.45) is 5.73 Å². The lowest BCUT2D eigenvalue weighted by molar-refractivity contribution is -0.119. The van der Waals surface area contributed by atoms with Crippen molar-refractivity contribution < 1.29 is 13.6 Å². The molecule has 17 heavy (non-hydrogen) atoms. The van der Waals surface area contributed by atoms with Crippen LogP contribution < -0.4 is 11.1 Å². The third kappa shape index (κ3) is 3.00. The van der Waals surface area contributed by atoms with E-state index in [9.17, 15) is 13.6 Å². The van der Waals surface area contributed by atoms with Crippen molar-refractivity contribution in [1.82, 2.24) is 5.32 Å². The van der Waals surface area contributed by atoms with Gasteiger partial charge in [-0.25, -0.2) is 8.78 Å². The fourth-order valence-electron chi connectivity index (χ4n) is 2.00. The summed E-state index contributed by atoms with van der Waals surface area (Å²) in [5.41, 5.74) is 3.84. The Morgan fingerprint density at radius 2 is 1.94 bits per heavy atom. The molecule has 0 aromatic heterocycles. The molecular weight excluding hydrogens is 226 g/mol. The number of hydrogen-bond acceptors (Lipinski definition) is 2. The molecule has 0 bridgehead atoms. The van der Waals surface area contributed by atoms with E-state index in [2.05, 4.69) is 5.32 Å². The van der Waals surface area contributed by atoms with Gasteiger partial charge in [-0.3, -0.25) is 4.79 Å². The Labute approximate surface area is 99.0 Å². The topological polar surface area (TPSA) is 55.1 Å². The van der Waals surface area contributed by atoms with Gasteiger partial charge >= 0.3 is 0 Å². The smallest absolute Gasteiger partial charge is 0.219 e. The zero-order chi connectivity index (χ0) is 13.1. The molecule has 94 valence electrons. The van der Waals surface area contributed by atoms with Gasteiger partial charge in [-0.2, -0.15) is 0 Å². The molecular formula is C12H16F2N2O. The maximum atomic E-state index is 13.7. The van der Waals surface area contributed by atoms with Crippen LogP contribution in [0.1, 0.15) is 25.8 Å². The number of primary amides is 1. The van der Waals surface area contributed by atoms with E-state index in [0.29, 0.717) is 6.54 Å². The Hall–Kier alpha value is -1.49. The predicted octanol–water partition coefficient (Wildman–Crippen LogP) is 1.66. The normalized spacial score (nSPS) is 14.4. The second kappa shape index (κ2) is 5.23. The summed E-state index contributed by atoms with van der Waals surface area (Å²) in [7, 11) is 0. The van der Waals surface area contributed by atoms with Crippen LogP contribution in [0.2, 0.25) is 0 Å². The lowest BCUT2D eigenvalue weighted by atomic mass is 9.87. The van der Waals surface area contributed by atoms with E-state index in [1.54, 1.807) is 13.8 Å². The van der Waals surface area contributed by atoms with Crippen LogP contribution >= 0.6 is 0 Å². The first-order chi connectivity index (χ1) is 7.90. The number of hydrogen-bond donors (Lipinski definition) is 2. The van der Waals surface area contributed by atoms with Crippen LogP contribution in [0.3, 0.4) is 0 Å². The largest absolute Gasteiger partial charge is 0.370 e. The van der Waals surface area contributed by atoms with Gasteiger partial charge in [-0.05, 0) is 25.6 Å². The van der Waals surface area contributed by atoms with Crippen molar-refractivity contribution in [2.45, 2.75) is 25.8 Å². The van der Waals surface area contributed by atoms with E-state index in [4.69, 9.17) is 5.73 Å². The minimum absolute atomic E-state index is 0.152. The van der Waals surface area contributed by atoms with E-state index >= 15 is 0 Å². The van der Waals surface area contributed by atoms with Gasteiger partial charge in [0, 0.05) is 12.0 Å². The number of halogens is 2. The van der Waals surface area contributed by atoms with Crippen molar-refractivity contribution in [3.63, 3.8) is 0 Å². The molecule has 3 N–H and O–H groups in total. The first-order valence-electron chi connectivity index (χ1n) is 5.38. The monoisotopic (exact) mass is 242 g/mol. The highest BCUT2D eigenvalue weighted by atomic mass is 19.1. The average molecular weight is 242 g/mol. The maximum Gasteiger partial charge on any atom is 0.219 e. The number of carbonyl (C=O) groups excluding carboxylic acids is 1. The van der Waals surface area contributed by atoms with Gasteiger partial charge < -0.3 is 11.1 Å². The Balaban J connectivity index is 3.26. The Kier molecular flexibility index (Phi) is 4.17. The lowest BCUT2D eigenvalue weighted by Crippen LogP contribution is -2.44. The number of benzene rings is 1. The highest BCUT2D eigenvalue weighted by Gasteiger charge is 2.33. The molecule has 5 heteroatoms. The highest BCUT2D eigenvalue weighted by molar-refractivity contribution is 5.75. The second-order valence-electron chi connectivity index (χ2n) is 4.10. The van der Waals surface area contributed by atoms with Gasteiger partial charge in [0.2, 0.25) is 5.91 Å². The molecule has 0 aliphatic carbocycles. The van der Waals surface area contributed by atoms with Gasteiger partial charge in [0.15, 0.2) is 0 Å². The van der Waals surface area contributed by atoms with Crippen LogP contribution in [0.5, 0.6) is 0 Å². The summed E-state index contributed by atoms with van der Waals surface area (Å²) < 4.78 is 27.4. The predicted molar refractivity (Wildman–Crippen MR) is 61.2 cm³/mol. The minimum Gasteiger partial charge on any atom is -0.370 e. The number of amides is 1. The molecule has 1 amide bonds. The van der Waals surface area contributed by atoms with Crippen LogP contribution in [-0.4, -0.2) is 12.5 Å². The van der Waals surface area contributed by atoms with Gasteiger partial charge in [0.05, 0.1) is 5.54 Å². The van der Waals surface area contributed by atoms with Crippen LogP contribution in [0.15, 0.2) is 18.2 Å². The number of rotatable bonds is 5. The lowest BCUT2D eigenvalue weighted by Gasteiger charge is -2.30. The van der Waals surface area contributed by atoms with E-state index < -0.39 is 23.1 Å². The summed E-state index contributed by atoms with van der Waals surface area (Å²) in [5.74, 6) is -1.99. The third-order valence-corrected chi connectivity index (χ3v) is 2.61. The summed E-state index contributed by atoms with van der Waals surface area (Å²) >= 11 is 0. The molecule has 0 saturated heterocycles. The average Bonchev–Trinajstić information content (AvgIpc) is 2.15. The van der Waals surface area contributed by atoms with Gasteiger partial charge in [-0.15, -0.1) is 0 Å². The fourth-order valence-corrected chi connectivity index (χ4v) is 2.00. The zero-order valence-electron chi connectivity index (χ0n) is 9.89. The van der Waals surface area contributed by atoms with E-state index in [0.717, 1.165) is 12.1 Å². The second-order valence-corrected chi connectivity index (χ2v) is 4.10. The maximum absolute atomic E-state index is 13.7. The summed E-state index contributed by atoms with van der Waals surface area (Å²) in [5, 5.41) is 2.91. The van der Waals surface area contributed by atoms with Crippen molar-refractivity contribution in [1.29, 1.82) is 0 Å². The first-order valence-corrected chi connectivity index (χ1v) is 5.38. The zero-order valence-corrected chi connectivity index (χ0v) is 9.89. The van der Waals surface area contributed by atoms with Gasteiger partial charge in [-0.1, -0.05) is 13.0 Å². The van der Waals surface area contributed by atoms with Crippen molar-refractivity contribution >= 4 is 5.91 Å². The van der Waals surface area contributed by atoms with Crippen LogP contribution in [0.25, 0.3) is 0 Å². The first kappa shape index (κ1) is 13.6. The molecule has 0 saturated carbocycles. The molecule has 1 aromatic carbocycles. The summed E-state index contributed by atoms with van der Waals surface area (Å²) in [6.07, 6.45) is -0.168. The molecule has 0 aliphatic rings. The van der Waals surface area contributed by atoms with Crippen molar-refractivity contribution in [2.75, 3.05) is 6.54 Å². The Morgan fingerprint density at radius 3 is 2.35 bits per heavy atom. The number of nitrogens with one attached hydrogen (secondary N) is 1. The molecule has 0 spiro atoms. The van der Waals surface area contributed by atoms with Crippen LogP contribution in [-0.2, 0) is 10.3 Å². The SMILES string of the molecule is CCNC(C)(CC(N)=O)c1c(F)cccc1F. The minimum atomic E-state index is -1.13. The third-order valence-electron chi connectivity index (χ3n) is 2.61. The summed E-state index contributed by atoms with van der Waals surface area (Å²) in [6.45, 7) is 3.82. The molecule has 1 unspecified atom stereocenters. The van der Waals surface area contributed by atoms with Crippen LogP contribution in [0.4, 0.5) is 8.78 Å². The van der Waals surface area contributed by atoms with Gasteiger partial charge in [0.1, 0.15) is 11.6 Å². The van der Waals surface area contributed by atoms with Crippen molar-refractivity contribution in [3.05, 3.63) is 35.4 Å². The standard InChI is InChI=1S/C12H16F2N2O/c1-3-16-12(2,7-10(15)17)11-8(13)5-4-6-9(11)14/h4-6,16H,3,7H2,1-2H3,(H2,15,17). The highest BCUT2D eigenvalue weighted by Crippen LogP contribution is 2.29. The van der Waals surface area contributed by atoms with Crippen LogP contribution in [0, 0.1) is 11.6 Å². The summed E-state index contributed by atoms with van der Waals surface area (Å²) in [6, 6.07) is 3.61. The Bertz CT molecular complexity index is 403. The molecule has 0 heterocycles. The van der Waals surface area contributed by atoms with E-state index in [1.807, 2.05) is 0 Å². The molecule has 3 nitrogen and oxygen atoms in total. The fraction of sp³-hybridized carbons (Fsp3) is 0.417. The van der Waals surface area contributed by atoms with E-state index in [1.165, 1.54) is 6.07 Å². The van der Waals surface area contributed by atoms with Gasteiger partial charge in [0.25, 0.3) is 0 Å². The quantitative estimate of drug-likeness (QED) is 0.825. The molecule has 1 aromatic rings. The number of carbonyl (C=O) groups is 1. The molecule has 1 rings (SSSR count). The Morgan fingerprint density at radius 1 is 1.41 bits per heavy atom. The molecule has 1 atom stereocenters. The summed E-state index contributed by atoms with van der Waals surface area (Å²) in [4.78, 5) is 11.0. The molecule has 0 aliphatic heterocycles. The molecule has 0 fully saturated rings. The van der Waals surface area contributed by atoms with Crippen molar-refractivity contribution in [3.8, 4) is 0 Å². The number of nitrogens with two attached hydrogens (primary N) is 1.